The zero-order valence-corrected chi connectivity index (χ0v) is 12.6. The fraction of sp³-hybridized carbons (Fsp3) is 0.500. The molecule has 0 aromatic heterocycles. The average Bonchev–Trinajstić information content (AvgIpc) is 2.19. The van der Waals surface area contributed by atoms with E-state index >= 15 is 0 Å². The molecule has 1 rings (SSSR count). The lowest BCUT2D eigenvalue weighted by molar-refractivity contribution is 0.365. The molecule has 0 fully saturated rings. The van der Waals surface area contributed by atoms with Crippen LogP contribution in [0.15, 0.2) is 16.6 Å². The molecule has 3 N–H and O–H groups in total. The number of phenolic OH excluding ortho intramolecular Hbond substituents is 1. The van der Waals surface area contributed by atoms with Crippen LogP contribution in [0, 0.1) is 5.92 Å². The fourth-order valence-corrected chi connectivity index (χ4v) is 2.12. The lowest BCUT2D eigenvalue weighted by Gasteiger charge is -2.17. The minimum Gasteiger partial charge on any atom is -0.504 e. The second-order valence-corrected chi connectivity index (χ2v) is 5.20. The number of rotatable bonds is 4. The number of hydrogen-bond acceptors (Lipinski definition) is 3. The summed E-state index contributed by atoms with van der Waals surface area (Å²) < 4.78 is 5.94. The molecule has 3 nitrogen and oxygen atoms in total. The number of ether oxygens (including phenoxy) is 1. The molecule has 0 unspecified atom stereocenters. The monoisotopic (exact) mass is 323 g/mol. The summed E-state index contributed by atoms with van der Waals surface area (Å²) >= 11 is 3.38. The zero-order valence-electron chi connectivity index (χ0n) is 10.2. The number of phenols is 1. The van der Waals surface area contributed by atoms with E-state index in [1.165, 1.54) is 7.11 Å². The molecule has 0 bridgehead atoms. The summed E-state index contributed by atoms with van der Waals surface area (Å²) in [6.45, 7) is 4.21. The third-order valence-corrected chi connectivity index (χ3v) is 2.87. The number of nitrogens with two attached hydrogens (primary N) is 1. The van der Waals surface area contributed by atoms with Crippen molar-refractivity contribution in [2.24, 2.45) is 11.7 Å². The molecule has 0 amide bonds. The lowest BCUT2D eigenvalue weighted by atomic mass is 9.97. The van der Waals surface area contributed by atoms with Crippen LogP contribution in [0.2, 0.25) is 0 Å². The highest BCUT2D eigenvalue weighted by molar-refractivity contribution is 9.10. The standard InChI is InChI=1S/C12H18BrNO2.ClH/c1-7(2)4-10(14)9-5-8(13)6-11(16-3)12(9)15;/h5-7,10,15H,4,14H2,1-3H3;1H/t10-;/m1./s1. The molecular weight excluding hydrogens is 305 g/mol. The molecule has 0 spiro atoms. The molecule has 0 saturated heterocycles. The normalized spacial score (nSPS) is 12.1. The van der Waals surface area contributed by atoms with Crippen molar-refractivity contribution >= 4 is 28.3 Å². The first kappa shape index (κ1) is 16.6. The maximum absolute atomic E-state index is 9.97. The Morgan fingerprint density at radius 2 is 2.00 bits per heavy atom. The number of hydrogen-bond donors (Lipinski definition) is 2. The van der Waals surface area contributed by atoms with Gasteiger partial charge in [0.15, 0.2) is 11.5 Å². The van der Waals surface area contributed by atoms with E-state index in [0.29, 0.717) is 11.7 Å². The Hall–Kier alpha value is -0.450. The molecule has 0 aliphatic carbocycles. The van der Waals surface area contributed by atoms with Gasteiger partial charge in [-0.25, -0.2) is 0 Å². The van der Waals surface area contributed by atoms with Crippen LogP contribution in [0.1, 0.15) is 31.9 Å². The zero-order chi connectivity index (χ0) is 12.3. The highest BCUT2D eigenvalue weighted by atomic mass is 79.9. The molecular formula is C12H19BrClNO2. The van der Waals surface area contributed by atoms with E-state index in [4.69, 9.17) is 10.5 Å². The van der Waals surface area contributed by atoms with Crippen molar-refractivity contribution in [1.82, 2.24) is 0 Å². The van der Waals surface area contributed by atoms with Gasteiger partial charge in [-0.3, -0.25) is 0 Å². The number of methoxy groups -OCH3 is 1. The van der Waals surface area contributed by atoms with Gasteiger partial charge in [-0.1, -0.05) is 29.8 Å². The second-order valence-electron chi connectivity index (χ2n) is 4.28. The number of aromatic hydroxyl groups is 1. The Labute approximate surface area is 117 Å². The van der Waals surface area contributed by atoms with Crippen molar-refractivity contribution in [3.05, 3.63) is 22.2 Å². The molecule has 17 heavy (non-hydrogen) atoms. The minimum absolute atomic E-state index is 0. The first-order valence-corrected chi connectivity index (χ1v) is 6.07. The van der Waals surface area contributed by atoms with Gasteiger partial charge in [0.05, 0.1) is 7.11 Å². The van der Waals surface area contributed by atoms with E-state index < -0.39 is 0 Å². The van der Waals surface area contributed by atoms with Crippen LogP contribution in [0.5, 0.6) is 11.5 Å². The van der Waals surface area contributed by atoms with Crippen LogP contribution in [0.25, 0.3) is 0 Å². The number of halogens is 2. The summed E-state index contributed by atoms with van der Waals surface area (Å²) in [6, 6.07) is 3.39. The van der Waals surface area contributed by atoms with Gasteiger partial charge in [0, 0.05) is 16.1 Å². The van der Waals surface area contributed by atoms with E-state index in [9.17, 15) is 5.11 Å². The van der Waals surface area contributed by atoms with Crippen molar-refractivity contribution in [2.75, 3.05) is 7.11 Å². The van der Waals surface area contributed by atoms with Gasteiger partial charge in [-0.05, 0) is 24.5 Å². The van der Waals surface area contributed by atoms with E-state index in [1.807, 2.05) is 6.07 Å². The van der Waals surface area contributed by atoms with Gasteiger partial charge in [0.25, 0.3) is 0 Å². The molecule has 0 aliphatic rings. The van der Waals surface area contributed by atoms with Gasteiger partial charge >= 0.3 is 0 Å². The number of benzene rings is 1. The average molecular weight is 325 g/mol. The van der Waals surface area contributed by atoms with E-state index in [0.717, 1.165) is 16.5 Å². The topological polar surface area (TPSA) is 55.5 Å². The Bertz CT molecular complexity index is 372. The van der Waals surface area contributed by atoms with Gasteiger partial charge in [-0.2, -0.15) is 0 Å². The molecule has 0 heterocycles. The maximum atomic E-state index is 9.97. The Kier molecular flexibility index (Phi) is 6.90. The van der Waals surface area contributed by atoms with E-state index in [1.54, 1.807) is 6.07 Å². The van der Waals surface area contributed by atoms with Crippen molar-refractivity contribution in [1.29, 1.82) is 0 Å². The molecule has 1 aromatic carbocycles. The van der Waals surface area contributed by atoms with Crippen LogP contribution in [0.3, 0.4) is 0 Å². The van der Waals surface area contributed by atoms with Crippen LogP contribution in [-0.2, 0) is 0 Å². The third-order valence-electron chi connectivity index (χ3n) is 2.41. The summed E-state index contributed by atoms with van der Waals surface area (Å²) in [6.07, 6.45) is 0.827. The van der Waals surface area contributed by atoms with E-state index in [2.05, 4.69) is 29.8 Å². The molecule has 5 heteroatoms. The quantitative estimate of drug-likeness (QED) is 0.889. The SMILES string of the molecule is COc1cc(Br)cc([C@H](N)CC(C)C)c1O.Cl. The minimum atomic E-state index is -0.175. The van der Waals surface area contributed by atoms with Crippen LogP contribution in [-0.4, -0.2) is 12.2 Å². The predicted molar refractivity (Wildman–Crippen MR) is 76.0 cm³/mol. The molecule has 0 aliphatic heterocycles. The van der Waals surface area contributed by atoms with Crippen LogP contribution >= 0.6 is 28.3 Å². The Morgan fingerprint density at radius 1 is 1.41 bits per heavy atom. The molecule has 98 valence electrons. The summed E-state index contributed by atoms with van der Waals surface area (Å²) in [4.78, 5) is 0. The summed E-state index contributed by atoms with van der Waals surface area (Å²) in [5, 5.41) is 9.97. The molecule has 0 saturated carbocycles. The Morgan fingerprint density at radius 3 is 2.47 bits per heavy atom. The third kappa shape index (κ3) is 4.37. The lowest BCUT2D eigenvalue weighted by Crippen LogP contribution is -2.13. The summed E-state index contributed by atoms with van der Waals surface area (Å²) in [5.41, 5.74) is 6.78. The summed E-state index contributed by atoms with van der Waals surface area (Å²) in [5.74, 6) is 1.07. The largest absolute Gasteiger partial charge is 0.504 e. The van der Waals surface area contributed by atoms with Gasteiger partial charge in [-0.15, -0.1) is 12.4 Å². The predicted octanol–water partition coefficient (Wildman–Crippen LogP) is 3.63. The first-order valence-electron chi connectivity index (χ1n) is 5.27. The van der Waals surface area contributed by atoms with Gasteiger partial charge in [0.2, 0.25) is 0 Å². The van der Waals surface area contributed by atoms with Crippen molar-refractivity contribution in [3.8, 4) is 11.5 Å². The Balaban J connectivity index is 0.00000256. The van der Waals surface area contributed by atoms with Gasteiger partial charge < -0.3 is 15.6 Å². The smallest absolute Gasteiger partial charge is 0.162 e. The highest BCUT2D eigenvalue weighted by Gasteiger charge is 2.16. The van der Waals surface area contributed by atoms with Crippen molar-refractivity contribution in [2.45, 2.75) is 26.3 Å². The van der Waals surface area contributed by atoms with Crippen molar-refractivity contribution < 1.29 is 9.84 Å². The fourth-order valence-electron chi connectivity index (χ4n) is 1.67. The molecule has 0 radical (unpaired) electrons. The summed E-state index contributed by atoms with van der Waals surface area (Å²) in [7, 11) is 1.53. The van der Waals surface area contributed by atoms with Crippen molar-refractivity contribution in [3.63, 3.8) is 0 Å². The molecule has 1 atom stereocenters. The second kappa shape index (κ2) is 7.09. The van der Waals surface area contributed by atoms with Crippen LogP contribution < -0.4 is 10.5 Å². The highest BCUT2D eigenvalue weighted by Crippen LogP contribution is 2.37. The van der Waals surface area contributed by atoms with E-state index in [-0.39, 0.29) is 24.2 Å². The first-order chi connectivity index (χ1) is 7.45. The maximum Gasteiger partial charge on any atom is 0.162 e. The van der Waals surface area contributed by atoms with Crippen LogP contribution in [0.4, 0.5) is 0 Å². The van der Waals surface area contributed by atoms with Gasteiger partial charge in [0.1, 0.15) is 0 Å². The molecule has 1 aromatic rings.